The van der Waals surface area contributed by atoms with Gasteiger partial charge >= 0.3 is 0 Å². The van der Waals surface area contributed by atoms with E-state index in [-0.39, 0.29) is 11.9 Å². The fourth-order valence-corrected chi connectivity index (χ4v) is 3.54. The molecule has 0 N–H and O–H groups in total. The molecule has 0 radical (unpaired) electrons. The van der Waals surface area contributed by atoms with E-state index in [1.807, 2.05) is 31.5 Å². The zero-order chi connectivity index (χ0) is 19.3. The van der Waals surface area contributed by atoms with E-state index in [0.29, 0.717) is 18.0 Å². The highest BCUT2D eigenvalue weighted by atomic mass is 19.1. The van der Waals surface area contributed by atoms with Gasteiger partial charge in [0.05, 0.1) is 11.8 Å². The molecule has 1 unspecified atom stereocenters. The highest BCUT2D eigenvalue weighted by molar-refractivity contribution is 5.53. The predicted molar refractivity (Wildman–Crippen MR) is 104 cm³/mol. The van der Waals surface area contributed by atoms with Crippen LogP contribution in [0.5, 0.6) is 0 Å². The van der Waals surface area contributed by atoms with Crippen molar-refractivity contribution < 1.29 is 13.5 Å². The molecular weight excluding hydrogens is 357 g/mol. The van der Waals surface area contributed by atoms with Gasteiger partial charge in [0.1, 0.15) is 11.6 Å². The van der Waals surface area contributed by atoms with Crippen molar-refractivity contribution in [2.75, 3.05) is 13.2 Å². The van der Waals surface area contributed by atoms with Crippen LogP contribution in [-0.4, -0.2) is 34.1 Å². The summed E-state index contributed by atoms with van der Waals surface area (Å²) in [6, 6.07) is 10.4. The Kier molecular flexibility index (Phi) is 5.78. The van der Waals surface area contributed by atoms with Gasteiger partial charge in [-0.1, -0.05) is 6.07 Å². The molecule has 6 heteroatoms. The molecule has 1 fully saturated rings. The molecule has 1 aromatic carbocycles. The number of ether oxygens (including phenoxy) is 1. The Morgan fingerprint density at radius 3 is 2.79 bits per heavy atom. The van der Waals surface area contributed by atoms with Crippen molar-refractivity contribution in [3.8, 4) is 11.5 Å². The molecule has 3 aromatic rings. The van der Waals surface area contributed by atoms with Crippen LogP contribution in [0.1, 0.15) is 29.9 Å². The lowest BCUT2D eigenvalue weighted by atomic mass is 10.2. The Labute approximate surface area is 164 Å². The van der Waals surface area contributed by atoms with Gasteiger partial charge < -0.3 is 9.15 Å². The number of aryl methyl sites for hydroxylation is 1. The number of nitrogens with zero attached hydrogens (tertiary/aromatic N) is 3. The number of oxazole rings is 1. The first-order valence-electron chi connectivity index (χ1n) is 9.62. The maximum absolute atomic E-state index is 13.5. The first-order valence-corrected chi connectivity index (χ1v) is 9.62. The second-order valence-corrected chi connectivity index (χ2v) is 7.19. The molecule has 146 valence electrons. The van der Waals surface area contributed by atoms with Crippen LogP contribution in [-0.2, 0) is 17.8 Å². The smallest absolute Gasteiger partial charge is 0.226 e. The fraction of sp³-hybridized carbons (Fsp3) is 0.364. The highest BCUT2D eigenvalue weighted by Gasteiger charge is 2.22. The second-order valence-electron chi connectivity index (χ2n) is 7.19. The third-order valence-corrected chi connectivity index (χ3v) is 4.98. The molecule has 2 aromatic heterocycles. The maximum atomic E-state index is 13.5. The minimum atomic E-state index is -0.299. The molecule has 1 atom stereocenters. The van der Waals surface area contributed by atoms with Gasteiger partial charge in [-0.2, -0.15) is 0 Å². The average Bonchev–Trinajstić information content (AvgIpc) is 3.33. The standard InChI is InChI=1S/C22H24FN3O2/c1-16-21(25-22(28-16)18-4-2-5-19(23)12-18)15-26(14-20-6-3-11-27-20)13-17-7-9-24-10-8-17/h2,4-5,7-10,12,20H,3,6,11,13-15H2,1H3. The molecular formula is C22H24FN3O2. The minimum Gasteiger partial charge on any atom is -0.441 e. The zero-order valence-electron chi connectivity index (χ0n) is 16.0. The summed E-state index contributed by atoms with van der Waals surface area (Å²) >= 11 is 0. The van der Waals surface area contributed by atoms with Gasteiger partial charge in [-0.3, -0.25) is 9.88 Å². The molecule has 4 rings (SSSR count). The zero-order valence-corrected chi connectivity index (χ0v) is 16.0. The molecule has 0 saturated carbocycles. The topological polar surface area (TPSA) is 51.4 Å². The van der Waals surface area contributed by atoms with Crippen molar-refractivity contribution in [1.82, 2.24) is 14.9 Å². The quantitative estimate of drug-likeness (QED) is 0.608. The lowest BCUT2D eigenvalue weighted by molar-refractivity contribution is 0.0673. The molecule has 28 heavy (non-hydrogen) atoms. The van der Waals surface area contributed by atoms with Crippen molar-refractivity contribution in [1.29, 1.82) is 0 Å². The van der Waals surface area contributed by atoms with Gasteiger partial charge in [-0.05, 0) is 55.7 Å². The van der Waals surface area contributed by atoms with Gasteiger partial charge in [-0.15, -0.1) is 0 Å². The van der Waals surface area contributed by atoms with Crippen LogP contribution in [0.4, 0.5) is 4.39 Å². The molecule has 1 saturated heterocycles. The second kappa shape index (κ2) is 8.63. The molecule has 1 aliphatic heterocycles. The van der Waals surface area contributed by atoms with E-state index in [1.165, 1.54) is 17.7 Å². The van der Waals surface area contributed by atoms with Gasteiger partial charge in [0.2, 0.25) is 5.89 Å². The Balaban J connectivity index is 1.53. The molecule has 3 heterocycles. The molecule has 1 aliphatic rings. The van der Waals surface area contributed by atoms with Crippen LogP contribution in [0.15, 0.2) is 53.2 Å². The van der Waals surface area contributed by atoms with E-state index in [4.69, 9.17) is 9.15 Å². The Morgan fingerprint density at radius 1 is 1.18 bits per heavy atom. The normalized spacial score (nSPS) is 16.8. The van der Waals surface area contributed by atoms with E-state index in [9.17, 15) is 4.39 Å². The fourth-order valence-electron chi connectivity index (χ4n) is 3.54. The minimum absolute atomic E-state index is 0.247. The van der Waals surface area contributed by atoms with Gasteiger partial charge in [0.25, 0.3) is 0 Å². The third-order valence-electron chi connectivity index (χ3n) is 4.98. The lowest BCUT2D eigenvalue weighted by Crippen LogP contribution is -2.31. The SMILES string of the molecule is Cc1oc(-c2cccc(F)c2)nc1CN(Cc1ccncc1)CC1CCCO1. The summed E-state index contributed by atoms with van der Waals surface area (Å²) < 4.78 is 25.2. The number of aromatic nitrogens is 2. The number of hydrogen-bond donors (Lipinski definition) is 0. The lowest BCUT2D eigenvalue weighted by Gasteiger charge is -2.24. The van der Waals surface area contributed by atoms with Crippen LogP contribution >= 0.6 is 0 Å². The maximum Gasteiger partial charge on any atom is 0.226 e. The van der Waals surface area contributed by atoms with Crippen molar-refractivity contribution >= 4 is 0 Å². The van der Waals surface area contributed by atoms with Gasteiger partial charge in [0.15, 0.2) is 0 Å². The molecule has 0 spiro atoms. The number of pyridine rings is 1. The summed E-state index contributed by atoms with van der Waals surface area (Å²) in [5.41, 5.74) is 2.71. The molecule has 0 bridgehead atoms. The summed E-state index contributed by atoms with van der Waals surface area (Å²) in [7, 11) is 0. The molecule has 0 amide bonds. The van der Waals surface area contributed by atoms with Crippen molar-refractivity contribution in [2.24, 2.45) is 0 Å². The number of rotatable bonds is 7. The highest BCUT2D eigenvalue weighted by Crippen LogP contribution is 2.24. The summed E-state index contributed by atoms with van der Waals surface area (Å²) in [6.07, 6.45) is 6.06. The Morgan fingerprint density at radius 2 is 2.04 bits per heavy atom. The van der Waals surface area contributed by atoms with Gasteiger partial charge in [0, 0.05) is 44.2 Å². The third kappa shape index (κ3) is 4.64. The Hall–Kier alpha value is -2.57. The number of benzene rings is 1. The van der Waals surface area contributed by atoms with Crippen LogP contribution in [0.25, 0.3) is 11.5 Å². The van der Waals surface area contributed by atoms with Crippen LogP contribution in [0.2, 0.25) is 0 Å². The monoisotopic (exact) mass is 381 g/mol. The summed E-state index contributed by atoms with van der Waals surface area (Å²) in [6.45, 7) is 5.00. The first-order chi connectivity index (χ1) is 13.7. The van der Waals surface area contributed by atoms with Crippen molar-refractivity contribution in [3.05, 3.63) is 71.6 Å². The number of halogens is 1. The van der Waals surface area contributed by atoms with E-state index in [0.717, 1.165) is 44.0 Å². The predicted octanol–water partition coefficient (Wildman–Crippen LogP) is 4.37. The van der Waals surface area contributed by atoms with Crippen molar-refractivity contribution in [3.63, 3.8) is 0 Å². The summed E-state index contributed by atoms with van der Waals surface area (Å²) in [5, 5.41) is 0. The summed E-state index contributed by atoms with van der Waals surface area (Å²) in [5.74, 6) is 0.909. The first kappa shape index (κ1) is 18.8. The van der Waals surface area contributed by atoms with Crippen molar-refractivity contribution in [2.45, 2.75) is 39.0 Å². The average molecular weight is 381 g/mol. The molecule has 0 aliphatic carbocycles. The van der Waals surface area contributed by atoms with E-state index < -0.39 is 0 Å². The van der Waals surface area contributed by atoms with Crippen LogP contribution < -0.4 is 0 Å². The van der Waals surface area contributed by atoms with E-state index in [1.54, 1.807) is 12.1 Å². The largest absolute Gasteiger partial charge is 0.441 e. The van der Waals surface area contributed by atoms with E-state index >= 15 is 0 Å². The van der Waals surface area contributed by atoms with Gasteiger partial charge in [-0.25, -0.2) is 9.37 Å². The van der Waals surface area contributed by atoms with Crippen LogP contribution in [0, 0.1) is 12.7 Å². The summed E-state index contributed by atoms with van der Waals surface area (Å²) in [4.78, 5) is 11.1. The Bertz CT molecular complexity index is 907. The molecule has 5 nitrogen and oxygen atoms in total. The van der Waals surface area contributed by atoms with E-state index in [2.05, 4.69) is 14.9 Å². The number of hydrogen-bond acceptors (Lipinski definition) is 5. The van der Waals surface area contributed by atoms with Crippen LogP contribution in [0.3, 0.4) is 0 Å².